The minimum absolute atomic E-state index is 0.00237. The van der Waals surface area contributed by atoms with E-state index < -0.39 is 0 Å². The van der Waals surface area contributed by atoms with Gasteiger partial charge in [-0.3, -0.25) is 0 Å². The molecule has 1 aliphatic rings. The third-order valence-electron chi connectivity index (χ3n) is 4.62. The van der Waals surface area contributed by atoms with E-state index in [1.54, 1.807) is 28.9 Å². The maximum absolute atomic E-state index is 5.70. The molecule has 29 heavy (non-hydrogen) atoms. The van der Waals surface area contributed by atoms with Crippen molar-refractivity contribution in [1.29, 1.82) is 0 Å². The third kappa shape index (κ3) is 3.68. The molecule has 4 aromatic rings. The van der Waals surface area contributed by atoms with E-state index in [0.717, 1.165) is 38.2 Å². The summed E-state index contributed by atoms with van der Waals surface area (Å²) in [7, 11) is 0. The number of nitrogens with one attached hydrogen (secondary N) is 1. The van der Waals surface area contributed by atoms with Crippen LogP contribution in [0.4, 0.5) is 5.95 Å². The quantitative estimate of drug-likeness (QED) is 0.472. The average molecular weight is 423 g/mol. The van der Waals surface area contributed by atoms with Crippen LogP contribution in [0.1, 0.15) is 18.5 Å². The molecule has 5 rings (SSSR count). The number of rotatable bonds is 5. The van der Waals surface area contributed by atoms with Crippen molar-refractivity contribution >= 4 is 28.6 Å². The van der Waals surface area contributed by atoms with Gasteiger partial charge < -0.3 is 14.8 Å². The number of fused-ring (bicyclic) bond motifs is 1. The molecule has 0 radical (unpaired) electrons. The van der Waals surface area contributed by atoms with Gasteiger partial charge in [0, 0.05) is 28.2 Å². The number of benzene rings is 1. The highest BCUT2D eigenvalue weighted by molar-refractivity contribution is 7.14. The predicted octanol–water partition coefficient (Wildman–Crippen LogP) is 5.27. The van der Waals surface area contributed by atoms with E-state index in [0.29, 0.717) is 19.2 Å². The first-order valence-corrected chi connectivity index (χ1v) is 11.0. The Morgan fingerprint density at radius 3 is 2.72 bits per heavy atom. The van der Waals surface area contributed by atoms with Gasteiger partial charge in [-0.25, -0.2) is 15.0 Å². The Hall–Kier alpha value is -2.97. The van der Waals surface area contributed by atoms with Crippen molar-refractivity contribution in [3.05, 3.63) is 59.0 Å². The second-order valence-electron chi connectivity index (χ2n) is 6.54. The van der Waals surface area contributed by atoms with E-state index in [9.17, 15) is 0 Å². The first-order valence-electron chi connectivity index (χ1n) is 9.25. The minimum Gasteiger partial charge on any atom is -0.486 e. The highest BCUT2D eigenvalue weighted by atomic mass is 32.1. The normalized spacial score (nSPS) is 13.8. The Kier molecular flexibility index (Phi) is 4.87. The predicted molar refractivity (Wildman–Crippen MR) is 116 cm³/mol. The molecule has 0 unspecified atom stereocenters. The lowest BCUT2D eigenvalue weighted by Gasteiger charge is -2.21. The van der Waals surface area contributed by atoms with E-state index in [4.69, 9.17) is 14.5 Å². The summed E-state index contributed by atoms with van der Waals surface area (Å²) in [5.41, 5.74) is 2.91. The second kappa shape index (κ2) is 7.81. The van der Waals surface area contributed by atoms with Crippen molar-refractivity contribution in [2.75, 3.05) is 18.5 Å². The number of ether oxygens (including phenoxy) is 2. The summed E-state index contributed by atoms with van der Waals surface area (Å²) < 4.78 is 11.3. The van der Waals surface area contributed by atoms with Crippen LogP contribution >= 0.6 is 22.7 Å². The molecular weight excluding hydrogens is 404 g/mol. The minimum atomic E-state index is 0.00237. The van der Waals surface area contributed by atoms with Crippen LogP contribution in [0.25, 0.3) is 21.1 Å². The van der Waals surface area contributed by atoms with Crippen LogP contribution in [0, 0.1) is 0 Å². The smallest absolute Gasteiger partial charge is 0.223 e. The Morgan fingerprint density at radius 2 is 1.93 bits per heavy atom. The molecule has 0 aliphatic carbocycles. The largest absolute Gasteiger partial charge is 0.486 e. The Labute approximate surface area is 176 Å². The van der Waals surface area contributed by atoms with Gasteiger partial charge in [0.2, 0.25) is 5.95 Å². The summed E-state index contributed by atoms with van der Waals surface area (Å²) in [6.07, 6.45) is 3.67. The molecule has 0 fully saturated rings. The average Bonchev–Trinajstić information content (AvgIpc) is 3.47. The molecular formula is C21H18N4O2S2. The lowest BCUT2D eigenvalue weighted by atomic mass is 10.1. The van der Waals surface area contributed by atoms with Crippen LogP contribution in [0.15, 0.2) is 53.5 Å². The number of hydrogen-bond donors (Lipinski definition) is 1. The number of aromatic nitrogens is 3. The van der Waals surface area contributed by atoms with Crippen molar-refractivity contribution in [3.63, 3.8) is 0 Å². The fourth-order valence-corrected chi connectivity index (χ4v) is 4.55. The Bertz CT molecular complexity index is 1110. The number of hydrogen-bond acceptors (Lipinski definition) is 8. The fourth-order valence-electron chi connectivity index (χ4n) is 3.17. The van der Waals surface area contributed by atoms with Crippen molar-refractivity contribution < 1.29 is 9.47 Å². The fraction of sp³-hybridized carbons (Fsp3) is 0.190. The molecule has 1 atom stereocenters. The molecule has 1 aliphatic heterocycles. The van der Waals surface area contributed by atoms with E-state index in [2.05, 4.69) is 33.7 Å². The summed E-state index contributed by atoms with van der Waals surface area (Å²) in [6, 6.07) is 10.1. The second-order valence-corrected chi connectivity index (χ2v) is 8.38. The van der Waals surface area contributed by atoms with Gasteiger partial charge in [-0.2, -0.15) is 0 Å². The van der Waals surface area contributed by atoms with Crippen LogP contribution < -0.4 is 14.8 Å². The standard InChI is InChI=1S/C21H18N4O2S2/c1-13(14-4-5-16-17(11-14)27-8-7-26-16)24-21-23-12-15(18-3-2-9-28-18)19(25-21)20-22-6-10-29-20/h2-6,9-13H,7-8H2,1H3,(H,23,24,25)/t13-/m1/s1. The van der Waals surface area contributed by atoms with Crippen LogP contribution in [0.5, 0.6) is 11.5 Å². The molecule has 0 bridgehead atoms. The summed E-state index contributed by atoms with van der Waals surface area (Å²) in [6.45, 7) is 3.23. The molecule has 0 saturated heterocycles. The summed E-state index contributed by atoms with van der Waals surface area (Å²) in [4.78, 5) is 14.9. The van der Waals surface area contributed by atoms with E-state index in [1.807, 2.05) is 35.8 Å². The zero-order chi connectivity index (χ0) is 19.6. The Morgan fingerprint density at radius 1 is 1.03 bits per heavy atom. The van der Waals surface area contributed by atoms with Gasteiger partial charge in [-0.05, 0) is 36.1 Å². The SMILES string of the molecule is C[C@@H](Nc1ncc(-c2cccs2)c(-c2nccs2)n1)c1ccc2c(c1)OCCO2. The lowest BCUT2D eigenvalue weighted by Crippen LogP contribution is -2.16. The first kappa shape index (κ1) is 18.1. The first-order chi connectivity index (χ1) is 14.3. The highest BCUT2D eigenvalue weighted by Crippen LogP contribution is 2.36. The number of thiophene rings is 1. The Balaban J connectivity index is 1.45. The molecule has 8 heteroatoms. The molecule has 0 amide bonds. The van der Waals surface area contributed by atoms with Crippen LogP contribution in [-0.2, 0) is 0 Å². The molecule has 146 valence electrons. The molecule has 1 aromatic carbocycles. The summed E-state index contributed by atoms with van der Waals surface area (Å²) in [5.74, 6) is 2.13. The van der Waals surface area contributed by atoms with E-state index >= 15 is 0 Å². The molecule has 0 saturated carbocycles. The maximum atomic E-state index is 5.70. The van der Waals surface area contributed by atoms with Crippen molar-refractivity contribution in [1.82, 2.24) is 15.0 Å². The van der Waals surface area contributed by atoms with Gasteiger partial charge in [0.1, 0.15) is 23.9 Å². The van der Waals surface area contributed by atoms with E-state index in [-0.39, 0.29) is 6.04 Å². The van der Waals surface area contributed by atoms with Gasteiger partial charge >= 0.3 is 0 Å². The van der Waals surface area contributed by atoms with Crippen LogP contribution in [0.3, 0.4) is 0 Å². The van der Waals surface area contributed by atoms with Crippen LogP contribution in [-0.4, -0.2) is 28.2 Å². The molecule has 1 N–H and O–H groups in total. The van der Waals surface area contributed by atoms with Crippen molar-refractivity contribution in [3.8, 4) is 32.6 Å². The van der Waals surface area contributed by atoms with Gasteiger partial charge in [0.15, 0.2) is 11.5 Å². The van der Waals surface area contributed by atoms with E-state index in [1.165, 1.54) is 0 Å². The summed E-state index contributed by atoms with van der Waals surface area (Å²) in [5, 5.41) is 8.29. The van der Waals surface area contributed by atoms with Gasteiger partial charge in [0.05, 0.1) is 6.04 Å². The molecule has 0 spiro atoms. The van der Waals surface area contributed by atoms with Gasteiger partial charge in [0.25, 0.3) is 0 Å². The maximum Gasteiger partial charge on any atom is 0.223 e. The van der Waals surface area contributed by atoms with Crippen LogP contribution in [0.2, 0.25) is 0 Å². The highest BCUT2D eigenvalue weighted by Gasteiger charge is 2.18. The van der Waals surface area contributed by atoms with Gasteiger partial charge in [-0.1, -0.05) is 12.1 Å². The number of anilines is 1. The van der Waals surface area contributed by atoms with Crippen molar-refractivity contribution in [2.45, 2.75) is 13.0 Å². The zero-order valence-corrected chi connectivity index (χ0v) is 17.3. The summed E-state index contributed by atoms with van der Waals surface area (Å²) >= 11 is 3.24. The monoisotopic (exact) mass is 422 g/mol. The molecule has 6 nitrogen and oxygen atoms in total. The van der Waals surface area contributed by atoms with Gasteiger partial charge in [-0.15, -0.1) is 22.7 Å². The number of thiazole rings is 1. The zero-order valence-electron chi connectivity index (χ0n) is 15.7. The number of nitrogens with zero attached hydrogens (tertiary/aromatic N) is 3. The lowest BCUT2D eigenvalue weighted by molar-refractivity contribution is 0.171. The molecule has 3 aromatic heterocycles. The molecule has 4 heterocycles. The third-order valence-corrected chi connectivity index (χ3v) is 6.31. The van der Waals surface area contributed by atoms with Crippen molar-refractivity contribution in [2.24, 2.45) is 0 Å². The topological polar surface area (TPSA) is 69.2 Å².